The minimum atomic E-state index is -3.64. The van der Waals surface area contributed by atoms with Crippen molar-refractivity contribution in [2.24, 2.45) is 0 Å². The molecular formula is C20H25NO5S2. The summed E-state index contributed by atoms with van der Waals surface area (Å²) in [5.74, 6) is 0.188. The second-order valence-electron chi connectivity index (χ2n) is 6.49. The van der Waals surface area contributed by atoms with Gasteiger partial charge in [-0.3, -0.25) is 0 Å². The van der Waals surface area contributed by atoms with Gasteiger partial charge < -0.3 is 4.18 Å². The molecule has 0 saturated heterocycles. The van der Waals surface area contributed by atoms with Crippen LogP contribution < -0.4 is 4.18 Å². The molecule has 2 rings (SSSR count). The number of benzene rings is 2. The summed E-state index contributed by atoms with van der Waals surface area (Å²) in [7, 11) is -7.25. The van der Waals surface area contributed by atoms with E-state index >= 15 is 0 Å². The highest BCUT2D eigenvalue weighted by Gasteiger charge is 2.24. The first kappa shape index (κ1) is 22.1. The van der Waals surface area contributed by atoms with Gasteiger partial charge in [0.15, 0.2) is 0 Å². The molecule has 1 atom stereocenters. The van der Waals surface area contributed by atoms with Gasteiger partial charge in [-0.1, -0.05) is 49.4 Å². The van der Waals surface area contributed by atoms with Crippen LogP contribution in [0.4, 0.5) is 0 Å². The first-order valence-electron chi connectivity index (χ1n) is 8.84. The van der Waals surface area contributed by atoms with E-state index in [1.54, 1.807) is 18.2 Å². The lowest BCUT2D eigenvalue weighted by molar-refractivity contribution is 0.327. The predicted molar refractivity (Wildman–Crippen MR) is 112 cm³/mol. The Bertz CT molecular complexity index is 998. The van der Waals surface area contributed by atoms with Crippen molar-refractivity contribution in [3.05, 3.63) is 71.1 Å². The largest absolute Gasteiger partial charge is 0.383 e. The Morgan fingerprint density at radius 1 is 1.00 bits per heavy atom. The molecule has 0 aliphatic carbocycles. The van der Waals surface area contributed by atoms with Crippen LogP contribution in [0.1, 0.15) is 31.4 Å². The third-order valence-electron chi connectivity index (χ3n) is 4.15. The van der Waals surface area contributed by atoms with Gasteiger partial charge in [-0.15, -0.1) is 0 Å². The molecule has 28 heavy (non-hydrogen) atoms. The van der Waals surface area contributed by atoms with E-state index in [9.17, 15) is 16.8 Å². The van der Waals surface area contributed by atoms with Gasteiger partial charge in [0, 0.05) is 18.0 Å². The quantitative estimate of drug-likeness (QED) is 0.576. The van der Waals surface area contributed by atoms with E-state index in [0.29, 0.717) is 6.42 Å². The third kappa shape index (κ3) is 6.78. The van der Waals surface area contributed by atoms with Gasteiger partial charge >= 0.3 is 10.1 Å². The maximum atomic E-state index is 12.9. The number of nitrogens with zero attached hydrogens (tertiary/aromatic N) is 1. The standard InChI is InChI=1S/C20H25NO5S2/c1-4-17(2)21(28(24,25)15-14-18-8-6-5-7-9-18)16-19-10-12-20(13-11-19)26-27(3,22)23/h5-15,17H,4,16H2,1-3H3. The number of hydrogen-bond acceptors (Lipinski definition) is 5. The maximum absolute atomic E-state index is 12.9. The zero-order valence-corrected chi connectivity index (χ0v) is 17.8. The highest BCUT2D eigenvalue weighted by atomic mass is 32.2. The van der Waals surface area contributed by atoms with Crippen LogP contribution in [0.5, 0.6) is 5.75 Å². The van der Waals surface area contributed by atoms with Crippen LogP contribution in [0.2, 0.25) is 0 Å². The topological polar surface area (TPSA) is 80.8 Å². The summed E-state index contributed by atoms with van der Waals surface area (Å²) >= 11 is 0. The van der Waals surface area contributed by atoms with Gasteiger partial charge in [0.05, 0.1) is 6.26 Å². The molecule has 2 aromatic carbocycles. The summed E-state index contributed by atoms with van der Waals surface area (Å²) < 4.78 is 54.4. The summed E-state index contributed by atoms with van der Waals surface area (Å²) in [6.07, 6.45) is 3.21. The van der Waals surface area contributed by atoms with Crippen LogP contribution in [0, 0.1) is 0 Å². The van der Waals surface area contributed by atoms with Crippen LogP contribution >= 0.6 is 0 Å². The number of hydrogen-bond donors (Lipinski definition) is 0. The van der Waals surface area contributed by atoms with Gasteiger partial charge in [-0.05, 0) is 42.7 Å². The molecule has 0 heterocycles. The molecular weight excluding hydrogens is 398 g/mol. The second-order valence-corrected chi connectivity index (χ2v) is 9.84. The highest BCUT2D eigenvalue weighted by molar-refractivity contribution is 7.92. The summed E-state index contributed by atoms with van der Waals surface area (Å²) in [5.41, 5.74) is 1.54. The van der Waals surface area contributed by atoms with E-state index in [-0.39, 0.29) is 18.3 Å². The van der Waals surface area contributed by atoms with E-state index in [2.05, 4.69) is 0 Å². The Morgan fingerprint density at radius 2 is 1.61 bits per heavy atom. The maximum Gasteiger partial charge on any atom is 0.306 e. The molecule has 1 unspecified atom stereocenters. The molecule has 0 N–H and O–H groups in total. The first-order chi connectivity index (χ1) is 13.1. The van der Waals surface area contributed by atoms with E-state index in [1.165, 1.54) is 21.8 Å². The smallest absolute Gasteiger partial charge is 0.306 e. The Kier molecular flexibility index (Phi) is 7.40. The van der Waals surface area contributed by atoms with Crippen molar-refractivity contribution >= 4 is 26.2 Å². The average Bonchev–Trinajstić information content (AvgIpc) is 2.65. The van der Waals surface area contributed by atoms with Crippen LogP contribution in [0.15, 0.2) is 60.0 Å². The van der Waals surface area contributed by atoms with Gasteiger partial charge in [-0.25, -0.2) is 8.42 Å². The molecule has 0 spiro atoms. The lowest BCUT2D eigenvalue weighted by Crippen LogP contribution is -2.36. The molecule has 0 amide bonds. The zero-order valence-electron chi connectivity index (χ0n) is 16.1. The predicted octanol–water partition coefficient (Wildman–Crippen LogP) is 3.63. The average molecular weight is 424 g/mol. The van der Waals surface area contributed by atoms with Crippen LogP contribution in [-0.2, 0) is 26.7 Å². The fourth-order valence-corrected chi connectivity index (χ4v) is 4.44. The summed E-state index contributed by atoms with van der Waals surface area (Å²) in [5, 5.41) is 1.22. The molecule has 0 aliphatic rings. The number of sulfonamides is 1. The Balaban J connectivity index is 2.22. The van der Waals surface area contributed by atoms with Crippen LogP contribution in [0.3, 0.4) is 0 Å². The van der Waals surface area contributed by atoms with E-state index in [1.807, 2.05) is 44.2 Å². The van der Waals surface area contributed by atoms with Gasteiger partial charge in [-0.2, -0.15) is 12.7 Å². The van der Waals surface area contributed by atoms with Crippen molar-refractivity contribution in [2.75, 3.05) is 6.26 Å². The Morgan fingerprint density at radius 3 is 2.14 bits per heavy atom. The summed E-state index contributed by atoms with van der Waals surface area (Å²) in [4.78, 5) is 0. The van der Waals surface area contributed by atoms with E-state index in [0.717, 1.165) is 17.4 Å². The molecule has 0 radical (unpaired) electrons. The molecule has 0 saturated carbocycles. The first-order valence-corrected chi connectivity index (χ1v) is 12.2. The zero-order chi connectivity index (χ0) is 20.8. The third-order valence-corrected chi connectivity index (χ3v) is 6.27. The van der Waals surface area contributed by atoms with Crippen LogP contribution in [0.25, 0.3) is 6.08 Å². The van der Waals surface area contributed by atoms with Crippen molar-refractivity contribution in [2.45, 2.75) is 32.9 Å². The normalized spacial score (nSPS) is 13.7. The minimum Gasteiger partial charge on any atom is -0.383 e. The fraction of sp³-hybridized carbons (Fsp3) is 0.300. The fourth-order valence-electron chi connectivity index (χ4n) is 2.51. The van der Waals surface area contributed by atoms with E-state index < -0.39 is 20.1 Å². The molecule has 2 aromatic rings. The molecule has 6 nitrogen and oxygen atoms in total. The van der Waals surface area contributed by atoms with Crippen molar-refractivity contribution < 1.29 is 21.0 Å². The molecule has 0 aliphatic heterocycles. The Labute approximate surface area is 167 Å². The molecule has 0 aromatic heterocycles. The van der Waals surface area contributed by atoms with Crippen LogP contribution in [-0.4, -0.2) is 33.4 Å². The molecule has 152 valence electrons. The molecule has 0 fully saturated rings. The van der Waals surface area contributed by atoms with E-state index in [4.69, 9.17) is 4.18 Å². The minimum absolute atomic E-state index is 0.176. The molecule has 8 heteroatoms. The van der Waals surface area contributed by atoms with Gasteiger partial charge in [0.25, 0.3) is 0 Å². The van der Waals surface area contributed by atoms with Gasteiger partial charge in [0.1, 0.15) is 5.75 Å². The monoisotopic (exact) mass is 423 g/mol. The van der Waals surface area contributed by atoms with Crippen molar-refractivity contribution in [3.8, 4) is 5.75 Å². The molecule has 0 bridgehead atoms. The number of rotatable bonds is 9. The van der Waals surface area contributed by atoms with Crippen molar-refractivity contribution in [1.82, 2.24) is 4.31 Å². The van der Waals surface area contributed by atoms with Crippen molar-refractivity contribution in [1.29, 1.82) is 0 Å². The van der Waals surface area contributed by atoms with Gasteiger partial charge in [0.2, 0.25) is 10.0 Å². The lowest BCUT2D eigenvalue weighted by Gasteiger charge is -2.26. The summed E-state index contributed by atoms with van der Waals surface area (Å²) in [6.45, 7) is 3.96. The second kappa shape index (κ2) is 9.36. The lowest BCUT2D eigenvalue weighted by atomic mass is 10.2. The van der Waals surface area contributed by atoms with Crippen molar-refractivity contribution in [3.63, 3.8) is 0 Å². The Hall–Kier alpha value is -2.16. The SMILES string of the molecule is CCC(C)N(Cc1ccc(OS(C)(=O)=O)cc1)S(=O)(=O)C=Cc1ccccc1. The highest BCUT2D eigenvalue weighted by Crippen LogP contribution is 2.20. The summed E-state index contributed by atoms with van der Waals surface area (Å²) in [6, 6.07) is 15.4.